The van der Waals surface area contributed by atoms with Crippen molar-refractivity contribution in [3.05, 3.63) is 0 Å². The van der Waals surface area contributed by atoms with Crippen molar-refractivity contribution in [1.82, 2.24) is 4.90 Å². The summed E-state index contributed by atoms with van der Waals surface area (Å²) in [6.45, 7) is 11.6. The van der Waals surface area contributed by atoms with E-state index in [1.807, 2.05) is 4.90 Å². The fourth-order valence-electron chi connectivity index (χ4n) is 2.23. The summed E-state index contributed by atoms with van der Waals surface area (Å²) in [5, 5.41) is 2.16. The summed E-state index contributed by atoms with van der Waals surface area (Å²) < 4.78 is 0. The van der Waals surface area contributed by atoms with Gasteiger partial charge in [0.05, 0.1) is 13.1 Å². The molecule has 1 saturated heterocycles. The number of nitrogens with one attached hydrogen (secondary N) is 1. The maximum absolute atomic E-state index is 11.7. The highest BCUT2D eigenvalue weighted by Crippen LogP contribution is 2.05. The van der Waals surface area contributed by atoms with Crippen LogP contribution < -0.4 is 10.2 Å². The van der Waals surface area contributed by atoms with E-state index in [4.69, 9.17) is 0 Å². The van der Waals surface area contributed by atoms with Gasteiger partial charge in [-0.25, -0.2) is 0 Å². The van der Waals surface area contributed by atoms with E-state index in [2.05, 4.69) is 19.2 Å². The van der Waals surface area contributed by atoms with Crippen LogP contribution in [-0.2, 0) is 4.79 Å². The number of carbonyl (C=O) groups is 1. The van der Waals surface area contributed by atoms with E-state index in [0.717, 1.165) is 19.6 Å². The quantitative estimate of drug-likeness (QED) is 0.492. The van der Waals surface area contributed by atoms with Gasteiger partial charge in [0.25, 0.3) is 5.91 Å². The van der Waals surface area contributed by atoms with Crippen LogP contribution in [0.5, 0.6) is 0 Å². The first-order valence-electron chi connectivity index (χ1n) is 6.71. The van der Waals surface area contributed by atoms with Crippen LogP contribution >= 0.6 is 0 Å². The third kappa shape index (κ3) is 4.49. The molecular formula is C12H27N3O+2. The lowest BCUT2D eigenvalue weighted by atomic mass is 10.4. The molecule has 1 rings (SSSR count). The summed E-state index contributed by atoms with van der Waals surface area (Å²) in [5.41, 5.74) is 0. The molecule has 0 unspecified atom stereocenters. The third-order valence-corrected chi connectivity index (χ3v) is 3.48. The summed E-state index contributed by atoms with van der Waals surface area (Å²) in [5.74, 6) is 0.326. The fraction of sp³-hybridized carbons (Fsp3) is 0.917. The van der Waals surface area contributed by atoms with Crippen LogP contribution in [0.4, 0.5) is 0 Å². The van der Waals surface area contributed by atoms with Gasteiger partial charge in [-0.15, -0.1) is 0 Å². The molecule has 0 aromatic carbocycles. The van der Waals surface area contributed by atoms with Crippen molar-refractivity contribution in [2.24, 2.45) is 0 Å². The molecule has 16 heavy (non-hydrogen) atoms. The first-order chi connectivity index (χ1) is 7.77. The second-order valence-corrected chi connectivity index (χ2v) is 4.58. The number of amides is 1. The zero-order valence-electron chi connectivity index (χ0n) is 10.8. The van der Waals surface area contributed by atoms with Crippen molar-refractivity contribution in [2.75, 3.05) is 45.8 Å². The molecule has 3 N–H and O–H groups in total. The van der Waals surface area contributed by atoms with Crippen molar-refractivity contribution in [3.8, 4) is 0 Å². The minimum atomic E-state index is 0.326. The summed E-state index contributed by atoms with van der Waals surface area (Å²) in [4.78, 5) is 15.3. The molecule has 0 aromatic rings. The van der Waals surface area contributed by atoms with Gasteiger partial charge in [0.2, 0.25) is 0 Å². The Morgan fingerprint density at radius 2 is 1.88 bits per heavy atom. The van der Waals surface area contributed by atoms with E-state index in [0.29, 0.717) is 12.5 Å². The lowest BCUT2D eigenvalue weighted by Crippen LogP contribution is -3.14. The Balaban J connectivity index is 2.03. The minimum absolute atomic E-state index is 0.326. The molecule has 1 aliphatic rings. The van der Waals surface area contributed by atoms with Crippen molar-refractivity contribution >= 4 is 5.91 Å². The number of likely N-dealkylation sites (tertiary alicyclic amines) is 1. The van der Waals surface area contributed by atoms with Crippen molar-refractivity contribution in [2.45, 2.75) is 26.7 Å². The summed E-state index contributed by atoms with van der Waals surface area (Å²) in [6.07, 6.45) is 2.38. The Hall–Kier alpha value is -0.610. The van der Waals surface area contributed by atoms with E-state index >= 15 is 0 Å². The molecule has 0 radical (unpaired) electrons. The second kappa shape index (κ2) is 7.63. The molecule has 0 aliphatic carbocycles. The van der Waals surface area contributed by atoms with E-state index in [-0.39, 0.29) is 0 Å². The van der Waals surface area contributed by atoms with E-state index in [9.17, 15) is 4.79 Å². The third-order valence-electron chi connectivity index (χ3n) is 3.48. The minimum Gasteiger partial charge on any atom is -0.338 e. The number of rotatable bonds is 7. The highest BCUT2D eigenvalue weighted by Gasteiger charge is 2.18. The van der Waals surface area contributed by atoms with Gasteiger partial charge >= 0.3 is 0 Å². The molecule has 94 valence electrons. The van der Waals surface area contributed by atoms with Crippen molar-refractivity contribution in [3.63, 3.8) is 0 Å². The van der Waals surface area contributed by atoms with Crippen LogP contribution in [0, 0.1) is 0 Å². The zero-order valence-corrected chi connectivity index (χ0v) is 10.8. The van der Waals surface area contributed by atoms with E-state index in [1.54, 1.807) is 4.90 Å². The largest absolute Gasteiger partial charge is 0.338 e. The average molecular weight is 229 g/mol. The number of hydrogen-bond donors (Lipinski definition) is 2. The molecule has 0 saturated carbocycles. The van der Waals surface area contributed by atoms with Crippen LogP contribution in [0.25, 0.3) is 0 Å². The van der Waals surface area contributed by atoms with E-state index < -0.39 is 0 Å². The van der Waals surface area contributed by atoms with Gasteiger partial charge in [-0.05, 0) is 26.7 Å². The molecule has 0 aromatic heterocycles. The Bertz CT molecular complexity index is 198. The van der Waals surface area contributed by atoms with Crippen LogP contribution in [0.1, 0.15) is 26.7 Å². The van der Waals surface area contributed by atoms with Gasteiger partial charge in [0.1, 0.15) is 13.1 Å². The molecule has 1 amide bonds. The Morgan fingerprint density at radius 3 is 2.44 bits per heavy atom. The van der Waals surface area contributed by atoms with Gasteiger partial charge in [0.15, 0.2) is 6.54 Å². The van der Waals surface area contributed by atoms with Crippen LogP contribution in [0.15, 0.2) is 0 Å². The molecule has 4 nitrogen and oxygen atoms in total. The van der Waals surface area contributed by atoms with Crippen LogP contribution in [0.2, 0.25) is 0 Å². The predicted molar refractivity (Wildman–Crippen MR) is 64.4 cm³/mol. The van der Waals surface area contributed by atoms with Gasteiger partial charge in [-0.2, -0.15) is 0 Å². The number of hydrogen-bond acceptors (Lipinski definition) is 1. The number of nitrogens with two attached hydrogens (primary N) is 1. The maximum atomic E-state index is 11.7. The van der Waals surface area contributed by atoms with Gasteiger partial charge < -0.3 is 15.1 Å². The summed E-state index contributed by atoms with van der Waals surface area (Å²) >= 11 is 0. The SMILES string of the molecule is CC[NH+](CC)CC[NH2+]CC(=O)N1CCCC1. The molecule has 1 fully saturated rings. The first kappa shape index (κ1) is 13.5. The Morgan fingerprint density at radius 1 is 1.25 bits per heavy atom. The predicted octanol–water partition coefficient (Wildman–Crippen LogP) is -1.90. The van der Waals surface area contributed by atoms with Crippen molar-refractivity contribution in [1.29, 1.82) is 0 Å². The smallest absolute Gasteiger partial charge is 0.277 e. The standard InChI is InChI=1S/C12H25N3O/c1-3-14(4-2)10-7-13-11-12(16)15-8-5-6-9-15/h13H,3-11H2,1-2H3/p+2. The monoisotopic (exact) mass is 229 g/mol. The molecule has 4 heteroatoms. The molecule has 0 atom stereocenters. The first-order valence-corrected chi connectivity index (χ1v) is 6.71. The molecule has 0 spiro atoms. The summed E-state index contributed by atoms with van der Waals surface area (Å²) in [6, 6.07) is 0. The average Bonchev–Trinajstić information content (AvgIpc) is 2.82. The molecule has 0 bridgehead atoms. The fourth-order valence-corrected chi connectivity index (χ4v) is 2.23. The zero-order chi connectivity index (χ0) is 11.8. The maximum Gasteiger partial charge on any atom is 0.277 e. The number of carbonyl (C=O) groups excluding carboxylic acids is 1. The lowest BCUT2D eigenvalue weighted by Gasteiger charge is -2.16. The Labute approximate surface area is 99.0 Å². The van der Waals surface area contributed by atoms with Crippen LogP contribution in [0.3, 0.4) is 0 Å². The molecule has 1 aliphatic heterocycles. The normalized spacial score (nSPS) is 16.1. The molecule has 1 heterocycles. The topological polar surface area (TPSA) is 41.4 Å². The number of quaternary nitrogens is 2. The van der Waals surface area contributed by atoms with Gasteiger partial charge in [-0.1, -0.05) is 0 Å². The second-order valence-electron chi connectivity index (χ2n) is 4.58. The van der Waals surface area contributed by atoms with Crippen LogP contribution in [-0.4, -0.2) is 56.6 Å². The van der Waals surface area contributed by atoms with Crippen molar-refractivity contribution < 1.29 is 15.0 Å². The highest BCUT2D eigenvalue weighted by atomic mass is 16.2. The number of likely N-dealkylation sites (N-methyl/N-ethyl adjacent to an activating group) is 1. The van der Waals surface area contributed by atoms with E-state index in [1.165, 1.54) is 32.5 Å². The Kier molecular flexibility index (Phi) is 6.42. The summed E-state index contributed by atoms with van der Waals surface area (Å²) in [7, 11) is 0. The van der Waals surface area contributed by atoms with Gasteiger partial charge in [-0.3, -0.25) is 4.79 Å². The number of nitrogens with zero attached hydrogens (tertiary/aromatic N) is 1. The van der Waals surface area contributed by atoms with Gasteiger partial charge in [0, 0.05) is 13.1 Å². The lowest BCUT2D eigenvalue weighted by molar-refractivity contribution is -0.908. The highest BCUT2D eigenvalue weighted by molar-refractivity contribution is 5.77. The molecular weight excluding hydrogens is 202 g/mol.